The fourth-order valence-electron chi connectivity index (χ4n) is 3.16. The molecular weight excluding hydrogens is 202 g/mol. The molecule has 1 saturated carbocycles. The van der Waals surface area contributed by atoms with Crippen molar-refractivity contribution in [3.05, 3.63) is 0 Å². The molecule has 0 aromatic rings. The molecule has 3 heteroatoms. The Hall–Kier alpha value is -0.570. The first kappa shape index (κ1) is 11.9. The number of hydrogen-bond acceptors (Lipinski definition) is 2. The third kappa shape index (κ3) is 2.40. The van der Waals surface area contributed by atoms with E-state index in [-0.39, 0.29) is 5.92 Å². The van der Waals surface area contributed by atoms with Crippen LogP contribution in [0.25, 0.3) is 0 Å². The van der Waals surface area contributed by atoms with E-state index in [0.29, 0.717) is 11.3 Å². The Kier molecular flexibility index (Phi) is 3.24. The molecule has 1 unspecified atom stereocenters. The average molecular weight is 225 g/mol. The Morgan fingerprint density at radius 2 is 2.00 bits per heavy atom. The van der Waals surface area contributed by atoms with Crippen LogP contribution in [0.2, 0.25) is 0 Å². The predicted octanol–water partition coefficient (Wildman–Crippen LogP) is 2.22. The lowest BCUT2D eigenvalue weighted by Crippen LogP contribution is -2.60. The van der Waals surface area contributed by atoms with Gasteiger partial charge in [-0.2, -0.15) is 0 Å². The third-order valence-corrected chi connectivity index (χ3v) is 4.12. The topological polar surface area (TPSA) is 40.5 Å². The highest BCUT2D eigenvalue weighted by molar-refractivity contribution is 5.70. The van der Waals surface area contributed by atoms with Crippen molar-refractivity contribution in [1.82, 2.24) is 4.90 Å². The van der Waals surface area contributed by atoms with E-state index >= 15 is 0 Å². The highest BCUT2D eigenvalue weighted by atomic mass is 16.4. The van der Waals surface area contributed by atoms with E-state index in [9.17, 15) is 4.79 Å². The first-order valence-corrected chi connectivity index (χ1v) is 6.46. The van der Waals surface area contributed by atoms with Crippen LogP contribution in [0, 0.1) is 17.3 Å². The van der Waals surface area contributed by atoms with Crippen molar-refractivity contribution >= 4 is 5.97 Å². The molecule has 2 aliphatic rings. The van der Waals surface area contributed by atoms with Crippen LogP contribution in [0.15, 0.2) is 0 Å². The van der Waals surface area contributed by atoms with Crippen molar-refractivity contribution in [2.45, 2.75) is 39.5 Å². The first-order valence-electron chi connectivity index (χ1n) is 6.46. The Labute approximate surface area is 97.8 Å². The molecule has 0 radical (unpaired) electrons. The van der Waals surface area contributed by atoms with Crippen molar-refractivity contribution in [2.24, 2.45) is 17.3 Å². The van der Waals surface area contributed by atoms with Crippen molar-refractivity contribution in [2.75, 3.05) is 19.6 Å². The lowest BCUT2D eigenvalue weighted by atomic mass is 9.63. The van der Waals surface area contributed by atoms with Crippen molar-refractivity contribution in [3.63, 3.8) is 0 Å². The maximum atomic E-state index is 11.1. The predicted molar refractivity (Wildman–Crippen MR) is 63.3 cm³/mol. The maximum Gasteiger partial charge on any atom is 0.307 e. The molecule has 1 saturated heterocycles. The van der Waals surface area contributed by atoms with Crippen molar-refractivity contribution in [3.8, 4) is 0 Å². The lowest BCUT2D eigenvalue weighted by Gasteiger charge is -2.56. The number of rotatable bonds is 5. The van der Waals surface area contributed by atoms with Gasteiger partial charge in [0.05, 0.1) is 5.92 Å². The van der Waals surface area contributed by atoms with Gasteiger partial charge < -0.3 is 10.0 Å². The number of hydrogen-bond donors (Lipinski definition) is 1. The Morgan fingerprint density at radius 1 is 1.38 bits per heavy atom. The molecule has 1 spiro atoms. The molecule has 0 aromatic heterocycles. The summed E-state index contributed by atoms with van der Waals surface area (Å²) in [4.78, 5) is 13.5. The normalized spacial score (nSPS) is 25.2. The summed E-state index contributed by atoms with van der Waals surface area (Å²) in [5.74, 6) is -0.319. The minimum Gasteiger partial charge on any atom is -0.481 e. The molecule has 1 aliphatic heterocycles. The number of likely N-dealkylation sites (tertiary alicyclic amines) is 1. The summed E-state index contributed by atoms with van der Waals surface area (Å²) in [5.41, 5.74) is 0.612. The highest BCUT2D eigenvalue weighted by Crippen LogP contribution is 2.48. The van der Waals surface area contributed by atoms with Crippen LogP contribution in [-0.4, -0.2) is 35.6 Å². The van der Waals surface area contributed by atoms with E-state index in [0.717, 1.165) is 26.1 Å². The van der Waals surface area contributed by atoms with Gasteiger partial charge in [0.2, 0.25) is 0 Å². The Morgan fingerprint density at radius 3 is 2.38 bits per heavy atom. The first-order chi connectivity index (χ1) is 7.51. The molecule has 1 atom stereocenters. The number of nitrogens with zero attached hydrogens (tertiary/aromatic N) is 1. The van der Waals surface area contributed by atoms with Gasteiger partial charge >= 0.3 is 5.97 Å². The second kappa shape index (κ2) is 4.36. The Balaban J connectivity index is 1.76. The molecule has 0 aromatic carbocycles. The zero-order valence-corrected chi connectivity index (χ0v) is 10.4. The van der Waals surface area contributed by atoms with Gasteiger partial charge in [-0.3, -0.25) is 4.79 Å². The van der Waals surface area contributed by atoms with Crippen molar-refractivity contribution < 1.29 is 9.90 Å². The fourth-order valence-corrected chi connectivity index (χ4v) is 3.16. The average Bonchev–Trinajstić information content (AvgIpc) is 2.03. The molecule has 3 nitrogen and oxygen atoms in total. The molecule has 1 heterocycles. The summed E-state index contributed by atoms with van der Waals surface area (Å²) in [6.45, 7) is 7.25. The van der Waals surface area contributed by atoms with Crippen LogP contribution < -0.4 is 0 Å². The zero-order valence-electron chi connectivity index (χ0n) is 10.4. The lowest BCUT2D eigenvalue weighted by molar-refractivity contribution is -0.145. The van der Waals surface area contributed by atoms with Crippen LogP contribution in [0.4, 0.5) is 0 Å². The maximum absolute atomic E-state index is 11.1. The fraction of sp³-hybridized carbons (Fsp3) is 0.923. The van der Waals surface area contributed by atoms with Crippen molar-refractivity contribution in [1.29, 1.82) is 0 Å². The number of carboxylic acid groups (broad SMARTS) is 1. The Bertz CT molecular complexity index is 263. The zero-order chi connectivity index (χ0) is 11.8. The van der Waals surface area contributed by atoms with Gasteiger partial charge in [0.1, 0.15) is 0 Å². The van der Waals surface area contributed by atoms with Gasteiger partial charge in [0.15, 0.2) is 0 Å². The molecular formula is C13H23NO2. The summed E-state index contributed by atoms with van der Waals surface area (Å²) >= 11 is 0. The van der Waals surface area contributed by atoms with Crippen LogP contribution >= 0.6 is 0 Å². The van der Waals surface area contributed by atoms with Gasteiger partial charge in [-0.25, -0.2) is 0 Å². The van der Waals surface area contributed by atoms with Gasteiger partial charge in [0, 0.05) is 19.6 Å². The van der Waals surface area contributed by atoms with Gasteiger partial charge in [-0.15, -0.1) is 0 Å². The molecule has 0 bridgehead atoms. The summed E-state index contributed by atoms with van der Waals surface area (Å²) in [6.07, 6.45) is 4.91. The van der Waals surface area contributed by atoms with Gasteiger partial charge in [-0.1, -0.05) is 20.3 Å². The minimum atomic E-state index is -0.622. The molecule has 16 heavy (non-hydrogen) atoms. The third-order valence-electron chi connectivity index (χ3n) is 4.12. The summed E-state index contributed by atoms with van der Waals surface area (Å²) in [6, 6.07) is 0. The second-order valence-corrected chi connectivity index (χ2v) is 6.19. The molecule has 1 N–H and O–H groups in total. The number of aliphatic carboxylic acids is 1. The standard InChI is InChI=1S/C13H23NO2/c1-10(2)6-11(12(15)16)7-14-8-13(9-14)4-3-5-13/h10-11H,3-9H2,1-2H3,(H,15,16). The summed E-state index contributed by atoms with van der Waals surface area (Å²) in [5, 5.41) is 9.17. The molecule has 1 aliphatic carbocycles. The van der Waals surface area contributed by atoms with E-state index < -0.39 is 5.97 Å². The number of carbonyl (C=O) groups is 1. The van der Waals surface area contributed by atoms with Gasteiger partial charge in [0.25, 0.3) is 0 Å². The summed E-state index contributed by atoms with van der Waals surface area (Å²) < 4.78 is 0. The second-order valence-electron chi connectivity index (χ2n) is 6.19. The number of carboxylic acids is 1. The SMILES string of the molecule is CC(C)CC(CN1CC2(CCC2)C1)C(=O)O. The van der Waals surface area contributed by atoms with E-state index in [1.807, 2.05) is 0 Å². The van der Waals surface area contributed by atoms with Crippen LogP contribution in [0.5, 0.6) is 0 Å². The van der Waals surface area contributed by atoms with E-state index in [4.69, 9.17) is 5.11 Å². The molecule has 92 valence electrons. The van der Waals surface area contributed by atoms with Crippen LogP contribution in [0.3, 0.4) is 0 Å². The van der Waals surface area contributed by atoms with Crippen LogP contribution in [-0.2, 0) is 4.79 Å². The van der Waals surface area contributed by atoms with Gasteiger partial charge in [-0.05, 0) is 30.6 Å². The minimum absolute atomic E-state index is 0.169. The smallest absolute Gasteiger partial charge is 0.307 e. The quantitative estimate of drug-likeness (QED) is 0.780. The van der Waals surface area contributed by atoms with E-state index in [1.54, 1.807) is 0 Å². The monoisotopic (exact) mass is 225 g/mol. The molecule has 2 rings (SSSR count). The molecule has 2 fully saturated rings. The van der Waals surface area contributed by atoms with E-state index in [1.165, 1.54) is 19.3 Å². The largest absolute Gasteiger partial charge is 0.481 e. The summed E-state index contributed by atoms with van der Waals surface area (Å²) in [7, 11) is 0. The van der Waals surface area contributed by atoms with E-state index in [2.05, 4.69) is 18.7 Å². The highest BCUT2D eigenvalue weighted by Gasteiger charge is 2.47. The molecule has 0 amide bonds. The van der Waals surface area contributed by atoms with Crippen LogP contribution in [0.1, 0.15) is 39.5 Å².